The van der Waals surface area contributed by atoms with Crippen molar-refractivity contribution >= 4 is 57.7 Å². The Kier molecular flexibility index (Phi) is 10.9. The molecule has 0 aliphatic rings. The predicted molar refractivity (Wildman–Crippen MR) is 220 cm³/mol. The van der Waals surface area contributed by atoms with Crippen molar-refractivity contribution in [1.82, 2.24) is 14.7 Å². The van der Waals surface area contributed by atoms with Crippen LogP contribution in [0.5, 0.6) is 0 Å². The van der Waals surface area contributed by atoms with Crippen LogP contribution in [0.3, 0.4) is 0 Å². The molecule has 0 bridgehead atoms. The lowest BCUT2D eigenvalue weighted by atomic mass is 10.0. The number of carbonyl (C=O) groups is 3. The predicted octanol–water partition coefficient (Wildman–Crippen LogP) is 8.52. The summed E-state index contributed by atoms with van der Waals surface area (Å²) in [6.07, 6.45) is 1.68. The molecule has 10 heteroatoms. The fourth-order valence-electron chi connectivity index (χ4n) is 6.23. The number of nitrogens with zero attached hydrogens (tertiary/aromatic N) is 2. The molecule has 0 aliphatic heterocycles. The molecule has 0 spiro atoms. The van der Waals surface area contributed by atoms with Crippen molar-refractivity contribution in [2.75, 3.05) is 10.6 Å². The molecule has 6 aromatic carbocycles. The summed E-state index contributed by atoms with van der Waals surface area (Å²) in [6, 6.07) is 48.1. The van der Waals surface area contributed by atoms with Gasteiger partial charge in [0.1, 0.15) is 16.6 Å². The summed E-state index contributed by atoms with van der Waals surface area (Å²) in [6.45, 7) is 1.80. The number of thioether (sulfide) groups is 1. The van der Waals surface area contributed by atoms with Gasteiger partial charge in [-0.1, -0.05) is 109 Å². The Morgan fingerprint density at radius 3 is 2.02 bits per heavy atom. The van der Waals surface area contributed by atoms with Crippen LogP contribution in [0, 0.1) is 6.92 Å². The number of aromatic nitrogens is 2. The number of anilines is 2. The normalized spacial score (nSPS) is 11.9. The highest BCUT2D eigenvalue weighted by Gasteiger charge is 2.26. The van der Waals surface area contributed by atoms with Gasteiger partial charge >= 0.3 is 0 Å². The van der Waals surface area contributed by atoms with Gasteiger partial charge < -0.3 is 16.0 Å². The van der Waals surface area contributed by atoms with Crippen molar-refractivity contribution in [1.29, 1.82) is 0 Å². The Morgan fingerprint density at radius 1 is 0.691 bits per heavy atom. The molecule has 7 rings (SSSR count). The number of amides is 3. The highest BCUT2D eigenvalue weighted by atomic mass is 32.2. The number of carbonyl (C=O) groups excluding carboxylic acids is 3. The number of benzene rings is 6. The third kappa shape index (κ3) is 8.19. The minimum absolute atomic E-state index is 0.0759. The molecule has 0 radical (unpaired) electrons. The van der Waals surface area contributed by atoms with Crippen molar-refractivity contribution in [3.05, 3.63) is 196 Å². The third-order valence-electron chi connectivity index (χ3n) is 9.16. The van der Waals surface area contributed by atoms with Gasteiger partial charge in [0.2, 0.25) is 5.91 Å². The summed E-state index contributed by atoms with van der Waals surface area (Å²) in [7, 11) is 1.78. The first-order valence-electron chi connectivity index (χ1n) is 17.6. The maximum absolute atomic E-state index is 14.0. The number of rotatable bonds is 11. The van der Waals surface area contributed by atoms with Crippen LogP contribution in [-0.2, 0) is 16.6 Å². The number of nitrogens with one attached hydrogen (secondary N) is 3. The van der Waals surface area contributed by atoms with Gasteiger partial charge in [0.25, 0.3) is 17.4 Å². The van der Waals surface area contributed by atoms with E-state index in [9.17, 15) is 19.2 Å². The molecule has 1 heterocycles. The monoisotopic (exact) mass is 743 g/mol. The molecule has 1 atom stereocenters. The average Bonchev–Trinajstić information content (AvgIpc) is 3.43. The van der Waals surface area contributed by atoms with Crippen molar-refractivity contribution < 1.29 is 14.4 Å². The van der Waals surface area contributed by atoms with Crippen LogP contribution < -0.4 is 21.5 Å². The van der Waals surface area contributed by atoms with Crippen LogP contribution in [-0.4, -0.2) is 27.1 Å². The molecule has 9 nitrogen and oxygen atoms in total. The summed E-state index contributed by atoms with van der Waals surface area (Å²) in [5.41, 5.74) is 3.72. The van der Waals surface area contributed by atoms with Gasteiger partial charge in [0.15, 0.2) is 0 Å². The topological polar surface area (TPSA) is 114 Å². The molecule has 0 aliphatic carbocycles. The van der Waals surface area contributed by atoms with Crippen LogP contribution in [0.4, 0.5) is 11.4 Å². The lowest BCUT2D eigenvalue weighted by Gasteiger charge is -2.17. The SMILES string of the molecule is Cc1c(NC(=O)C(Sc2ccc(NC(=O)/C(=C/c3cccc4ccccc34)NC(=O)c3ccccc3)cc2)c2ccccc2)c(=O)n(-c2ccccc2)n1C. The summed E-state index contributed by atoms with van der Waals surface area (Å²) in [5, 5.41) is 9.90. The molecular weight excluding hydrogens is 707 g/mol. The van der Waals surface area contributed by atoms with Crippen LogP contribution in [0.2, 0.25) is 0 Å². The van der Waals surface area contributed by atoms with E-state index in [2.05, 4.69) is 16.0 Å². The van der Waals surface area contributed by atoms with Gasteiger partial charge in [-0.15, -0.1) is 11.8 Å². The number of para-hydroxylation sites is 1. The second-order valence-electron chi connectivity index (χ2n) is 12.8. The zero-order valence-corrected chi connectivity index (χ0v) is 30.9. The summed E-state index contributed by atoms with van der Waals surface area (Å²) in [4.78, 5) is 55.4. The first kappa shape index (κ1) is 36.4. The lowest BCUT2D eigenvalue weighted by Crippen LogP contribution is -2.30. The Bertz CT molecular complexity index is 2580. The minimum atomic E-state index is -0.700. The van der Waals surface area contributed by atoms with E-state index in [0.29, 0.717) is 22.6 Å². The van der Waals surface area contributed by atoms with Crippen LogP contribution in [0.1, 0.15) is 32.4 Å². The fourth-order valence-corrected chi connectivity index (χ4v) is 7.25. The molecule has 1 unspecified atom stereocenters. The molecule has 7 aromatic rings. The molecule has 272 valence electrons. The van der Waals surface area contributed by atoms with E-state index >= 15 is 0 Å². The minimum Gasteiger partial charge on any atom is -0.321 e. The van der Waals surface area contributed by atoms with Gasteiger partial charge in [-0.2, -0.15) is 0 Å². The van der Waals surface area contributed by atoms with Crippen LogP contribution in [0.25, 0.3) is 22.5 Å². The molecule has 3 amide bonds. The molecular formula is C45H37N5O4S. The second kappa shape index (κ2) is 16.4. The van der Waals surface area contributed by atoms with E-state index in [4.69, 9.17) is 0 Å². The summed E-state index contributed by atoms with van der Waals surface area (Å²) >= 11 is 1.32. The zero-order valence-electron chi connectivity index (χ0n) is 30.1. The average molecular weight is 744 g/mol. The number of fused-ring (bicyclic) bond motifs is 1. The first-order chi connectivity index (χ1) is 26.8. The molecule has 55 heavy (non-hydrogen) atoms. The number of hydrogen-bond acceptors (Lipinski definition) is 5. The van der Waals surface area contributed by atoms with Gasteiger partial charge in [-0.3, -0.25) is 23.9 Å². The quantitative estimate of drug-likeness (QED) is 0.0909. The Balaban J connectivity index is 1.12. The molecule has 0 saturated carbocycles. The standard InChI is InChI=1S/C45H37N5O4S/c1-30-40(45(54)50(49(30)2)36-22-10-5-11-23-36)48-44(53)41(32-16-6-3-7-17-32)55-37-27-25-35(26-28-37)46-43(52)39(47-42(51)33-18-8-4-9-19-33)29-34-21-14-20-31-15-12-13-24-38(31)34/h3-29,41H,1-2H3,(H,46,52)(H,47,51)(H,48,53)/b39-29-. The van der Waals surface area contributed by atoms with E-state index < -0.39 is 17.1 Å². The summed E-state index contributed by atoms with van der Waals surface area (Å²) < 4.78 is 3.25. The maximum atomic E-state index is 14.0. The summed E-state index contributed by atoms with van der Waals surface area (Å²) in [5.74, 6) is -1.26. The molecule has 0 fully saturated rings. The maximum Gasteiger partial charge on any atom is 0.295 e. The number of hydrogen-bond donors (Lipinski definition) is 3. The fraction of sp³-hybridized carbons (Fsp3) is 0.0667. The van der Waals surface area contributed by atoms with Crippen molar-refractivity contribution in [2.45, 2.75) is 17.1 Å². The first-order valence-corrected chi connectivity index (χ1v) is 18.5. The molecule has 0 saturated heterocycles. The lowest BCUT2D eigenvalue weighted by molar-refractivity contribution is -0.116. The smallest absolute Gasteiger partial charge is 0.295 e. The van der Waals surface area contributed by atoms with Gasteiger partial charge in [-0.05, 0) is 83.4 Å². The van der Waals surface area contributed by atoms with Gasteiger partial charge in [0, 0.05) is 23.2 Å². The van der Waals surface area contributed by atoms with E-state index in [0.717, 1.165) is 26.8 Å². The second-order valence-corrected chi connectivity index (χ2v) is 13.9. The third-order valence-corrected chi connectivity index (χ3v) is 10.4. The van der Waals surface area contributed by atoms with Crippen molar-refractivity contribution in [2.24, 2.45) is 7.05 Å². The van der Waals surface area contributed by atoms with E-state index in [1.165, 1.54) is 16.4 Å². The van der Waals surface area contributed by atoms with Crippen molar-refractivity contribution in [3.8, 4) is 5.69 Å². The van der Waals surface area contributed by atoms with Crippen LogP contribution in [0.15, 0.2) is 173 Å². The Morgan fingerprint density at radius 2 is 1.31 bits per heavy atom. The Labute approximate surface area is 322 Å². The van der Waals surface area contributed by atoms with E-state index in [1.807, 2.05) is 121 Å². The highest BCUT2D eigenvalue weighted by molar-refractivity contribution is 8.00. The highest BCUT2D eigenvalue weighted by Crippen LogP contribution is 2.37. The van der Waals surface area contributed by atoms with Gasteiger partial charge in [0.05, 0.1) is 11.4 Å². The van der Waals surface area contributed by atoms with Crippen LogP contribution >= 0.6 is 11.8 Å². The van der Waals surface area contributed by atoms with E-state index in [1.54, 1.807) is 61.1 Å². The van der Waals surface area contributed by atoms with E-state index in [-0.39, 0.29) is 22.9 Å². The van der Waals surface area contributed by atoms with Gasteiger partial charge in [-0.25, -0.2) is 4.68 Å². The molecule has 3 N–H and O–H groups in total. The zero-order chi connectivity index (χ0) is 38.3. The van der Waals surface area contributed by atoms with Crippen molar-refractivity contribution in [3.63, 3.8) is 0 Å². The largest absolute Gasteiger partial charge is 0.321 e. The molecule has 1 aromatic heterocycles. The Hall–Kier alpha value is -6.91.